The van der Waals surface area contributed by atoms with E-state index in [1.165, 1.54) is 27.8 Å². The molecule has 0 N–H and O–H groups in total. The van der Waals surface area contributed by atoms with E-state index in [1.54, 1.807) is 22.8 Å². The molecule has 3 aromatic heterocycles. The van der Waals surface area contributed by atoms with Gasteiger partial charge >= 0.3 is 0 Å². The molecule has 0 aliphatic heterocycles. The Morgan fingerprint density at radius 3 is 2.77 bits per heavy atom. The summed E-state index contributed by atoms with van der Waals surface area (Å²) in [6, 6.07) is 7.11. The van der Waals surface area contributed by atoms with E-state index in [-0.39, 0.29) is 17.0 Å². The first-order chi connectivity index (χ1) is 15.0. The molecule has 162 valence electrons. The van der Waals surface area contributed by atoms with Crippen LogP contribution in [0.2, 0.25) is 0 Å². The molecule has 10 heteroatoms. The van der Waals surface area contributed by atoms with Gasteiger partial charge in [-0.25, -0.2) is 4.98 Å². The molecule has 0 aliphatic rings. The maximum Gasteiger partial charge on any atom is 0.278 e. The minimum atomic E-state index is -0.216. The van der Waals surface area contributed by atoms with Crippen molar-refractivity contribution in [1.82, 2.24) is 24.5 Å². The van der Waals surface area contributed by atoms with Gasteiger partial charge in [0.15, 0.2) is 5.16 Å². The van der Waals surface area contributed by atoms with Gasteiger partial charge in [-0.15, -0.1) is 16.4 Å². The number of nitrogens with zero attached hydrogens (tertiary/aromatic N) is 5. The van der Waals surface area contributed by atoms with Gasteiger partial charge in [-0.05, 0) is 44.9 Å². The van der Waals surface area contributed by atoms with Crippen LogP contribution in [0.5, 0.6) is 0 Å². The van der Waals surface area contributed by atoms with Crippen LogP contribution in [0.25, 0.3) is 21.1 Å². The van der Waals surface area contributed by atoms with Crippen molar-refractivity contribution in [1.29, 1.82) is 0 Å². The third-order valence-corrected chi connectivity index (χ3v) is 7.12. The Morgan fingerprint density at radius 2 is 1.97 bits per heavy atom. The van der Waals surface area contributed by atoms with Crippen LogP contribution in [-0.2, 0) is 17.2 Å². The smallest absolute Gasteiger partial charge is 0.278 e. The lowest BCUT2D eigenvalue weighted by Gasteiger charge is -2.12. The fourth-order valence-electron chi connectivity index (χ4n) is 3.31. The number of thiophene rings is 1. The topological polar surface area (TPSA) is 91.9 Å². The maximum absolute atomic E-state index is 13.3. The molecule has 0 atom stereocenters. The molecule has 1 aromatic carbocycles. The highest BCUT2D eigenvalue weighted by Crippen LogP contribution is 2.28. The van der Waals surface area contributed by atoms with Gasteiger partial charge in [0.1, 0.15) is 10.3 Å². The summed E-state index contributed by atoms with van der Waals surface area (Å²) in [4.78, 5) is 32.6. The van der Waals surface area contributed by atoms with Gasteiger partial charge in [0.2, 0.25) is 0 Å². The monoisotopic (exact) mass is 457 g/mol. The second-order valence-electron chi connectivity index (χ2n) is 7.05. The number of ether oxygens (including phenoxy) is 1. The van der Waals surface area contributed by atoms with E-state index in [9.17, 15) is 9.59 Å². The molecule has 0 unspecified atom stereocenters. The zero-order valence-electron chi connectivity index (χ0n) is 17.6. The molecular formula is C21H23N5O3S2. The van der Waals surface area contributed by atoms with Crippen molar-refractivity contribution < 1.29 is 4.74 Å². The first kappa shape index (κ1) is 21.7. The molecule has 0 saturated carbocycles. The SMILES string of the molecule is CCOCCCn1c(SCn2nnc3ccccc3c2=O)nc2sc(C)c(C)c2c1=O. The number of fused-ring (bicyclic) bond motifs is 2. The molecule has 0 saturated heterocycles. The lowest BCUT2D eigenvalue weighted by molar-refractivity contribution is 0.140. The Hall–Kier alpha value is -2.56. The van der Waals surface area contributed by atoms with Crippen LogP contribution in [0.3, 0.4) is 0 Å². The fraction of sp³-hybridized carbons (Fsp3) is 0.381. The van der Waals surface area contributed by atoms with Crippen molar-refractivity contribution in [3.63, 3.8) is 0 Å². The third-order valence-electron chi connectivity index (χ3n) is 5.07. The molecule has 0 amide bonds. The molecule has 0 spiro atoms. The van der Waals surface area contributed by atoms with Gasteiger partial charge in [-0.2, -0.15) is 4.68 Å². The van der Waals surface area contributed by atoms with E-state index in [1.807, 2.05) is 26.8 Å². The standard InChI is InChI=1S/C21H23N5O3S2/c1-4-29-11-7-10-25-20(28)17-13(2)14(3)31-18(17)22-21(25)30-12-26-19(27)15-8-5-6-9-16(15)23-24-26/h5-6,8-9H,4,7,10-12H2,1-3H3. The Morgan fingerprint density at radius 1 is 1.16 bits per heavy atom. The highest BCUT2D eigenvalue weighted by atomic mass is 32.2. The Kier molecular flexibility index (Phi) is 6.49. The van der Waals surface area contributed by atoms with Crippen molar-refractivity contribution >= 4 is 44.2 Å². The third kappa shape index (κ3) is 4.28. The first-order valence-corrected chi connectivity index (χ1v) is 11.8. The Balaban J connectivity index is 1.69. The van der Waals surface area contributed by atoms with Crippen molar-refractivity contribution in [2.75, 3.05) is 13.2 Å². The highest BCUT2D eigenvalue weighted by molar-refractivity contribution is 7.98. The second kappa shape index (κ2) is 9.29. The van der Waals surface area contributed by atoms with Crippen LogP contribution in [0, 0.1) is 13.8 Å². The Labute approximate surface area is 186 Å². The zero-order valence-corrected chi connectivity index (χ0v) is 19.3. The zero-order chi connectivity index (χ0) is 22.0. The molecular weight excluding hydrogens is 434 g/mol. The molecule has 0 bridgehead atoms. The van der Waals surface area contributed by atoms with Crippen LogP contribution in [-0.4, -0.2) is 37.8 Å². The number of rotatable bonds is 8. The molecule has 0 aliphatic carbocycles. The van der Waals surface area contributed by atoms with E-state index < -0.39 is 0 Å². The summed E-state index contributed by atoms with van der Waals surface area (Å²) < 4.78 is 8.42. The van der Waals surface area contributed by atoms with Crippen molar-refractivity contribution in [3.05, 3.63) is 55.4 Å². The van der Waals surface area contributed by atoms with Crippen LogP contribution >= 0.6 is 23.1 Å². The Bertz CT molecular complexity index is 1360. The molecule has 3 heterocycles. The van der Waals surface area contributed by atoms with Crippen LogP contribution < -0.4 is 11.1 Å². The van der Waals surface area contributed by atoms with Crippen molar-refractivity contribution in [3.8, 4) is 0 Å². The van der Waals surface area contributed by atoms with Crippen molar-refractivity contribution in [2.45, 2.75) is 44.8 Å². The minimum Gasteiger partial charge on any atom is -0.382 e. The van der Waals surface area contributed by atoms with E-state index in [2.05, 4.69) is 10.3 Å². The van der Waals surface area contributed by atoms with Crippen LogP contribution in [0.15, 0.2) is 39.0 Å². The predicted octanol–water partition coefficient (Wildman–Crippen LogP) is 3.36. The normalized spacial score (nSPS) is 11.6. The quantitative estimate of drug-likeness (QED) is 0.228. The second-order valence-corrected chi connectivity index (χ2v) is 9.16. The largest absolute Gasteiger partial charge is 0.382 e. The number of hydrogen-bond acceptors (Lipinski definition) is 8. The van der Waals surface area contributed by atoms with Gasteiger partial charge in [0.05, 0.1) is 16.6 Å². The molecule has 0 fully saturated rings. The summed E-state index contributed by atoms with van der Waals surface area (Å²) in [6.45, 7) is 7.61. The lowest BCUT2D eigenvalue weighted by atomic mass is 10.2. The van der Waals surface area contributed by atoms with Crippen molar-refractivity contribution in [2.24, 2.45) is 0 Å². The molecule has 4 aromatic rings. The molecule has 0 radical (unpaired) electrons. The van der Waals surface area contributed by atoms with Gasteiger partial charge in [-0.3, -0.25) is 14.2 Å². The summed E-state index contributed by atoms with van der Waals surface area (Å²) in [5.41, 5.74) is 1.27. The van der Waals surface area contributed by atoms with E-state index in [0.29, 0.717) is 47.6 Å². The highest BCUT2D eigenvalue weighted by Gasteiger charge is 2.17. The lowest BCUT2D eigenvalue weighted by Crippen LogP contribution is -2.26. The average Bonchev–Trinajstić information content (AvgIpc) is 3.06. The fourth-order valence-corrected chi connectivity index (χ4v) is 5.28. The van der Waals surface area contributed by atoms with Crippen LogP contribution in [0.1, 0.15) is 23.8 Å². The van der Waals surface area contributed by atoms with E-state index in [4.69, 9.17) is 9.72 Å². The maximum atomic E-state index is 13.3. The molecule has 8 nitrogen and oxygen atoms in total. The summed E-state index contributed by atoms with van der Waals surface area (Å²) in [5, 5.41) is 9.92. The van der Waals surface area contributed by atoms with E-state index in [0.717, 1.165) is 15.3 Å². The number of aryl methyl sites for hydroxylation is 2. The summed E-state index contributed by atoms with van der Waals surface area (Å²) >= 11 is 2.82. The van der Waals surface area contributed by atoms with E-state index >= 15 is 0 Å². The minimum absolute atomic E-state index is 0.0530. The molecule has 4 rings (SSSR count). The van der Waals surface area contributed by atoms with Gasteiger partial charge in [-0.1, -0.05) is 29.1 Å². The summed E-state index contributed by atoms with van der Waals surface area (Å²) in [7, 11) is 0. The number of thioether (sulfide) groups is 1. The summed E-state index contributed by atoms with van der Waals surface area (Å²) in [5.74, 6) is 0.212. The van der Waals surface area contributed by atoms with Crippen LogP contribution in [0.4, 0.5) is 0 Å². The summed E-state index contributed by atoms with van der Waals surface area (Å²) in [6.07, 6.45) is 0.701. The number of aromatic nitrogens is 5. The van der Waals surface area contributed by atoms with Gasteiger partial charge in [0.25, 0.3) is 11.1 Å². The number of hydrogen-bond donors (Lipinski definition) is 0. The molecule has 31 heavy (non-hydrogen) atoms. The van der Waals surface area contributed by atoms with Gasteiger partial charge < -0.3 is 4.74 Å². The van der Waals surface area contributed by atoms with Gasteiger partial charge in [0, 0.05) is 24.6 Å². The predicted molar refractivity (Wildman–Crippen MR) is 124 cm³/mol. The average molecular weight is 458 g/mol. The first-order valence-electron chi connectivity index (χ1n) is 10.0. The number of benzene rings is 1.